The first-order valence-corrected chi connectivity index (χ1v) is 6.12. The number of hydrogen-bond donors (Lipinski definition) is 1. The summed E-state index contributed by atoms with van der Waals surface area (Å²) in [6.45, 7) is 7.05. The monoisotopic (exact) mass is 239 g/mol. The van der Waals surface area contributed by atoms with Gasteiger partial charge in [-0.15, -0.1) is 0 Å². The van der Waals surface area contributed by atoms with Crippen molar-refractivity contribution in [2.45, 2.75) is 46.4 Å². The smallest absolute Gasteiger partial charge is 0.128 e. The second kappa shape index (κ2) is 6.72. The lowest BCUT2D eigenvalue weighted by Gasteiger charge is -2.15. The SMILES string of the molecule is CC(C)CC(C)OCc1cc(CN)ccc1F. The highest BCUT2D eigenvalue weighted by Crippen LogP contribution is 2.14. The van der Waals surface area contributed by atoms with Crippen LogP contribution in [-0.4, -0.2) is 6.10 Å². The minimum atomic E-state index is -0.223. The number of halogens is 1. The molecule has 1 aromatic rings. The van der Waals surface area contributed by atoms with E-state index in [1.807, 2.05) is 6.92 Å². The summed E-state index contributed by atoms with van der Waals surface area (Å²) >= 11 is 0. The van der Waals surface area contributed by atoms with Gasteiger partial charge in [0, 0.05) is 12.1 Å². The number of hydrogen-bond acceptors (Lipinski definition) is 2. The molecule has 3 heteroatoms. The highest BCUT2D eigenvalue weighted by molar-refractivity contribution is 5.24. The van der Waals surface area contributed by atoms with Crippen LogP contribution >= 0.6 is 0 Å². The standard InChI is InChI=1S/C14H22FNO/c1-10(2)6-11(3)17-9-13-7-12(8-16)4-5-14(13)15/h4-5,7,10-11H,6,8-9,16H2,1-3H3. The first-order chi connectivity index (χ1) is 8.02. The van der Waals surface area contributed by atoms with Crippen LogP contribution < -0.4 is 5.73 Å². The van der Waals surface area contributed by atoms with E-state index in [1.54, 1.807) is 12.1 Å². The summed E-state index contributed by atoms with van der Waals surface area (Å²) in [5.41, 5.74) is 7.05. The van der Waals surface area contributed by atoms with E-state index in [1.165, 1.54) is 6.07 Å². The third kappa shape index (κ3) is 4.84. The maximum absolute atomic E-state index is 13.5. The predicted octanol–water partition coefficient (Wildman–Crippen LogP) is 3.24. The Kier molecular flexibility index (Phi) is 5.59. The Hall–Kier alpha value is -0.930. The maximum Gasteiger partial charge on any atom is 0.128 e. The van der Waals surface area contributed by atoms with Gasteiger partial charge in [0.1, 0.15) is 5.82 Å². The fraction of sp³-hybridized carbons (Fsp3) is 0.571. The molecule has 0 bridgehead atoms. The van der Waals surface area contributed by atoms with Crippen LogP contribution in [0.5, 0.6) is 0 Å². The van der Waals surface area contributed by atoms with Gasteiger partial charge in [-0.1, -0.05) is 19.9 Å². The molecular formula is C14H22FNO. The molecule has 0 aliphatic rings. The fourth-order valence-electron chi connectivity index (χ4n) is 1.83. The van der Waals surface area contributed by atoms with Gasteiger partial charge in [-0.05, 0) is 37.0 Å². The Morgan fingerprint density at radius 2 is 2.00 bits per heavy atom. The zero-order chi connectivity index (χ0) is 12.8. The Morgan fingerprint density at radius 3 is 2.59 bits per heavy atom. The van der Waals surface area contributed by atoms with Crippen molar-refractivity contribution in [3.8, 4) is 0 Å². The molecule has 0 heterocycles. The quantitative estimate of drug-likeness (QED) is 0.827. The average molecular weight is 239 g/mol. The highest BCUT2D eigenvalue weighted by atomic mass is 19.1. The summed E-state index contributed by atoms with van der Waals surface area (Å²) in [5.74, 6) is 0.365. The summed E-state index contributed by atoms with van der Waals surface area (Å²) in [6, 6.07) is 4.93. The van der Waals surface area contributed by atoms with Crippen molar-refractivity contribution in [2.75, 3.05) is 0 Å². The fourth-order valence-corrected chi connectivity index (χ4v) is 1.83. The number of nitrogens with two attached hydrogens (primary N) is 1. The van der Waals surface area contributed by atoms with E-state index in [0.717, 1.165) is 12.0 Å². The van der Waals surface area contributed by atoms with Crippen molar-refractivity contribution in [3.05, 3.63) is 35.1 Å². The summed E-state index contributed by atoms with van der Waals surface area (Å²) in [6.07, 6.45) is 1.13. The minimum Gasteiger partial charge on any atom is -0.374 e. The van der Waals surface area contributed by atoms with Crippen LogP contribution in [0.25, 0.3) is 0 Å². The van der Waals surface area contributed by atoms with E-state index in [4.69, 9.17) is 10.5 Å². The van der Waals surface area contributed by atoms with E-state index >= 15 is 0 Å². The molecule has 0 spiro atoms. The predicted molar refractivity (Wildman–Crippen MR) is 68.0 cm³/mol. The van der Waals surface area contributed by atoms with Gasteiger partial charge in [0.2, 0.25) is 0 Å². The van der Waals surface area contributed by atoms with Crippen LogP contribution in [0.4, 0.5) is 4.39 Å². The Morgan fingerprint density at radius 1 is 1.29 bits per heavy atom. The van der Waals surface area contributed by atoms with Crippen LogP contribution in [0.1, 0.15) is 38.3 Å². The van der Waals surface area contributed by atoms with Crippen LogP contribution in [-0.2, 0) is 17.9 Å². The molecule has 0 aromatic heterocycles. The maximum atomic E-state index is 13.5. The van der Waals surface area contributed by atoms with E-state index in [2.05, 4.69) is 13.8 Å². The Balaban J connectivity index is 2.56. The van der Waals surface area contributed by atoms with Crippen LogP contribution in [0.15, 0.2) is 18.2 Å². The molecule has 0 radical (unpaired) electrons. The van der Waals surface area contributed by atoms with Crippen molar-refractivity contribution in [2.24, 2.45) is 11.7 Å². The van der Waals surface area contributed by atoms with Crippen LogP contribution in [0.3, 0.4) is 0 Å². The van der Waals surface area contributed by atoms with Crippen molar-refractivity contribution >= 4 is 0 Å². The number of ether oxygens (including phenoxy) is 1. The van der Waals surface area contributed by atoms with Gasteiger partial charge < -0.3 is 10.5 Å². The van der Waals surface area contributed by atoms with Crippen molar-refractivity contribution in [1.29, 1.82) is 0 Å². The summed E-state index contributed by atoms with van der Waals surface area (Å²) in [4.78, 5) is 0. The van der Waals surface area contributed by atoms with Crippen molar-refractivity contribution in [3.63, 3.8) is 0 Å². The molecule has 1 atom stereocenters. The molecule has 1 unspecified atom stereocenters. The topological polar surface area (TPSA) is 35.2 Å². The molecule has 96 valence electrons. The summed E-state index contributed by atoms with van der Waals surface area (Å²) in [5, 5.41) is 0. The lowest BCUT2D eigenvalue weighted by atomic mass is 10.1. The molecule has 2 N–H and O–H groups in total. The molecule has 0 aliphatic heterocycles. The molecule has 0 aliphatic carbocycles. The Labute approximate surface area is 103 Å². The lowest BCUT2D eigenvalue weighted by Crippen LogP contribution is -2.12. The molecule has 1 rings (SSSR count). The van der Waals surface area contributed by atoms with Crippen molar-refractivity contribution in [1.82, 2.24) is 0 Å². The Bertz CT molecular complexity index is 352. The zero-order valence-corrected chi connectivity index (χ0v) is 10.9. The normalized spacial score (nSPS) is 13.1. The van der Waals surface area contributed by atoms with Gasteiger partial charge >= 0.3 is 0 Å². The first-order valence-electron chi connectivity index (χ1n) is 6.12. The minimum absolute atomic E-state index is 0.149. The van der Waals surface area contributed by atoms with E-state index in [-0.39, 0.29) is 11.9 Å². The van der Waals surface area contributed by atoms with Gasteiger partial charge in [0.15, 0.2) is 0 Å². The van der Waals surface area contributed by atoms with E-state index < -0.39 is 0 Å². The van der Waals surface area contributed by atoms with Gasteiger partial charge in [-0.2, -0.15) is 0 Å². The second-order valence-electron chi connectivity index (χ2n) is 4.88. The molecule has 0 fully saturated rings. The molecule has 2 nitrogen and oxygen atoms in total. The van der Waals surface area contributed by atoms with Crippen LogP contribution in [0, 0.1) is 11.7 Å². The molecule has 17 heavy (non-hydrogen) atoms. The second-order valence-corrected chi connectivity index (χ2v) is 4.88. The number of benzene rings is 1. The van der Waals surface area contributed by atoms with Crippen LogP contribution in [0.2, 0.25) is 0 Å². The van der Waals surface area contributed by atoms with Gasteiger partial charge in [0.25, 0.3) is 0 Å². The first kappa shape index (κ1) is 14.1. The zero-order valence-electron chi connectivity index (χ0n) is 10.9. The van der Waals surface area contributed by atoms with Gasteiger partial charge in [-0.25, -0.2) is 4.39 Å². The highest BCUT2D eigenvalue weighted by Gasteiger charge is 2.08. The van der Waals surface area contributed by atoms with Gasteiger partial charge in [-0.3, -0.25) is 0 Å². The molecule has 0 saturated carbocycles. The molecule has 0 amide bonds. The summed E-state index contributed by atoms with van der Waals surface area (Å²) in [7, 11) is 0. The van der Waals surface area contributed by atoms with E-state index in [9.17, 15) is 4.39 Å². The lowest BCUT2D eigenvalue weighted by molar-refractivity contribution is 0.0382. The number of rotatable bonds is 6. The third-order valence-electron chi connectivity index (χ3n) is 2.67. The largest absolute Gasteiger partial charge is 0.374 e. The molecule has 0 saturated heterocycles. The van der Waals surface area contributed by atoms with Gasteiger partial charge in [0.05, 0.1) is 12.7 Å². The van der Waals surface area contributed by atoms with Crippen molar-refractivity contribution < 1.29 is 9.13 Å². The molecule has 1 aromatic carbocycles. The summed E-state index contributed by atoms with van der Waals surface area (Å²) < 4.78 is 19.1. The third-order valence-corrected chi connectivity index (χ3v) is 2.67. The molecular weight excluding hydrogens is 217 g/mol. The average Bonchev–Trinajstić information content (AvgIpc) is 2.27. The van der Waals surface area contributed by atoms with E-state index in [0.29, 0.717) is 24.6 Å².